The van der Waals surface area contributed by atoms with Crippen LogP contribution in [0, 0.1) is 5.92 Å². The second-order valence-corrected chi connectivity index (χ2v) is 4.91. The molecule has 92 valence electrons. The van der Waals surface area contributed by atoms with Crippen molar-refractivity contribution in [3.8, 4) is 5.75 Å². The van der Waals surface area contributed by atoms with Crippen molar-refractivity contribution >= 4 is 17.4 Å². The second-order valence-electron chi connectivity index (χ2n) is 4.47. The molecule has 3 nitrogen and oxygen atoms in total. The number of halogens is 1. The Labute approximate surface area is 106 Å². The van der Waals surface area contributed by atoms with Crippen LogP contribution in [-0.4, -0.2) is 18.9 Å². The minimum atomic E-state index is -0.0359. The van der Waals surface area contributed by atoms with Crippen molar-refractivity contribution in [3.05, 3.63) is 28.8 Å². The van der Waals surface area contributed by atoms with Gasteiger partial charge in [0.15, 0.2) is 5.78 Å². The summed E-state index contributed by atoms with van der Waals surface area (Å²) >= 11 is 5.89. The van der Waals surface area contributed by atoms with E-state index in [1.807, 2.05) is 0 Å². The van der Waals surface area contributed by atoms with Gasteiger partial charge in [0, 0.05) is 17.5 Å². The maximum Gasteiger partial charge on any atom is 0.168 e. The Morgan fingerprint density at radius 1 is 1.59 bits per heavy atom. The van der Waals surface area contributed by atoms with E-state index in [1.54, 1.807) is 25.3 Å². The van der Waals surface area contributed by atoms with Crippen molar-refractivity contribution in [1.82, 2.24) is 0 Å². The summed E-state index contributed by atoms with van der Waals surface area (Å²) in [5.41, 5.74) is 6.48. The van der Waals surface area contributed by atoms with Crippen LogP contribution in [0.3, 0.4) is 0 Å². The van der Waals surface area contributed by atoms with Gasteiger partial charge in [-0.25, -0.2) is 0 Å². The van der Waals surface area contributed by atoms with Gasteiger partial charge in [0.1, 0.15) is 5.75 Å². The zero-order valence-corrected chi connectivity index (χ0v) is 10.5. The molecule has 0 heterocycles. The molecule has 0 saturated heterocycles. The Morgan fingerprint density at radius 2 is 2.29 bits per heavy atom. The number of Topliss-reactive ketones (excluding diaryl/α,β-unsaturated/α-hetero) is 1. The third kappa shape index (κ3) is 2.99. The molecule has 0 amide bonds. The molecule has 0 aromatic heterocycles. The van der Waals surface area contributed by atoms with Crippen molar-refractivity contribution in [2.45, 2.75) is 25.3 Å². The van der Waals surface area contributed by atoms with Crippen LogP contribution in [0.25, 0.3) is 0 Å². The maximum atomic E-state index is 12.1. The van der Waals surface area contributed by atoms with Crippen LogP contribution in [0.5, 0.6) is 5.75 Å². The number of hydrogen-bond acceptors (Lipinski definition) is 3. The standard InChI is InChI=1S/C13H16ClNO2/c1-17-13-5-4-9(14)6-10(13)12(16)7-11(15)8-2-3-8/h4-6,8,11H,2-3,7,15H2,1H3. The van der Waals surface area contributed by atoms with Crippen LogP contribution in [0.2, 0.25) is 5.02 Å². The average Bonchev–Trinajstić information content (AvgIpc) is 3.12. The number of carbonyl (C=O) groups is 1. The third-order valence-corrected chi connectivity index (χ3v) is 3.35. The van der Waals surface area contributed by atoms with Crippen LogP contribution in [0.4, 0.5) is 0 Å². The van der Waals surface area contributed by atoms with Gasteiger partial charge in [-0.2, -0.15) is 0 Å². The summed E-state index contributed by atoms with van der Waals surface area (Å²) < 4.78 is 5.16. The van der Waals surface area contributed by atoms with Gasteiger partial charge in [0.05, 0.1) is 12.7 Å². The molecule has 1 saturated carbocycles. The third-order valence-electron chi connectivity index (χ3n) is 3.11. The molecule has 1 unspecified atom stereocenters. The van der Waals surface area contributed by atoms with E-state index >= 15 is 0 Å². The number of nitrogens with two attached hydrogens (primary N) is 1. The smallest absolute Gasteiger partial charge is 0.168 e. The summed E-state index contributed by atoms with van der Waals surface area (Å²) in [6, 6.07) is 5.02. The molecule has 0 spiro atoms. The lowest BCUT2D eigenvalue weighted by Crippen LogP contribution is -2.26. The molecule has 2 rings (SSSR count). The number of ketones is 1. The summed E-state index contributed by atoms with van der Waals surface area (Å²) in [7, 11) is 1.54. The molecule has 4 heteroatoms. The number of carbonyl (C=O) groups excluding carboxylic acids is 1. The summed E-state index contributed by atoms with van der Waals surface area (Å²) in [6.45, 7) is 0. The van der Waals surface area contributed by atoms with Gasteiger partial charge in [-0.15, -0.1) is 0 Å². The molecular formula is C13H16ClNO2. The highest BCUT2D eigenvalue weighted by Gasteiger charge is 2.30. The molecule has 0 radical (unpaired) electrons. The summed E-state index contributed by atoms with van der Waals surface area (Å²) in [4.78, 5) is 12.1. The molecule has 17 heavy (non-hydrogen) atoms. The monoisotopic (exact) mass is 253 g/mol. The van der Waals surface area contributed by atoms with Gasteiger partial charge in [0.2, 0.25) is 0 Å². The van der Waals surface area contributed by atoms with Crippen molar-refractivity contribution in [1.29, 1.82) is 0 Å². The SMILES string of the molecule is COc1ccc(Cl)cc1C(=O)CC(N)C1CC1. The van der Waals surface area contributed by atoms with Gasteiger partial charge < -0.3 is 10.5 Å². The lowest BCUT2D eigenvalue weighted by molar-refractivity contribution is 0.0968. The summed E-state index contributed by atoms with van der Waals surface area (Å²) in [6.07, 6.45) is 2.64. The zero-order chi connectivity index (χ0) is 12.4. The van der Waals surface area contributed by atoms with E-state index in [0.717, 1.165) is 12.8 Å². The number of benzene rings is 1. The Balaban J connectivity index is 2.14. The van der Waals surface area contributed by atoms with E-state index in [0.29, 0.717) is 28.7 Å². The summed E-state index contributed by atoms with van der Waals surface area (Å²) in [5, 5.41) is 0.536. The minimum absolute atomic E-state index is 0.00347. The van der Waals surface area contributed by atoms with Gasteiger partial charge in [-0.05, 0) is 37.0 Å². The van der Waals surface area contributed by atoms with Gasteiger partial charge in [-0.3, -0.25) is 4.79 Å². The van der Waals surface area contributed by atoms with E-state index in [4.69, 9.17) is 22.1 Å². The highest BCUT2D eigenvalue weighted by atomic mass is 35.5. The van der Waals surface area contributed by atoms with Crippen molar-refractivity contribution in [2.75, 3.05) is 7.11 Å². The molecule has 1 fully saturated rings. The fourth-order valence-corrected chi connectivity index (χ4v) is 2.09. The number of ether oxygens (including phenoxy) is 1. The number of methoxy groups -OCH3 is 1. The van der Waals surface area contributed by atoms with Crippen molar-refractivity contribution in [3.63, 3.8) is 0 Å². The minimum Gasteiger partial charge on any atom is -0.496 e. The molecule has 0 bridgehead atoms. The van der Waals surface area contributed by atoms with Gasteiger partial charge in [-0.1, -0.05) is 11.6 Å². The highest BCUT2D eigenvalue weighted by Crippen LogP contribution is 2.34. The highest BCUT2D eigenvalue weighted by molar-refractivity contribution is 6.31. The first-order valence-electron chi connectivity index (χ1n) is 5.74. The van der Waals surface area contributed by atoms with Crippen molar-refractivity contribution < 1.29 is 9.53 Å². The lowest BCUT2D eigenvalue weighted by Gasteiger charge is -2.11. The molecule has 1 aromatic carbocycles. The van der Waals surface area contributed by atoms with Crippen molar-refractivity contribution in [2.24, 2.45) is 11.7 Å². The molecular weight excluding hydrogens is 238 g/mol. The summed E-state index contributed by atoms with van der Waals surface area (Å²) in [5.74, 6) is 1.08. The van der Waals surface area contributed by atoms with Crippen LogP contribution in [0.1, 0.15) is 29.6 Å². The first-order valence-corrected chi connectivity index (χ1v) is 6.12. The Bertz CT molecular complexity index is 429. The second kappa shape index (κ2) is 5.07. The van der Waals surface area contributed by atoms with E-state index < -0.39 is 0 Å². The first kappa shape index (κ1) is 12.4. The quantitative estimate of drug-likeness (QED) is 0.821. The first-order chi connectivity index (χ1) is 8.11. The predicted octanol–water partition coefficient (Wildman–Crippen LogP) is 2.66. The van der Waals surface area contributed by atoms with E-state index in [-0.39, 0.29) is 11.8 Å². The predicted molar refractivity (Wildman–Crippen MR) is 67.7 cm³/mol. The van der Waals surface area contributed by atoms with Gasteiger partial charge >= 0.3 is 0 Å². The van der Waals surface area contributed by atoms with Crippen LogP contribution in [0.15, 0.2) is 18.2 Å². The van der Waals surface area contributed by atoms with Gasteiger partial charge in [0.25, 0.3) is 0 Å². The molecule has 1 atom stereocenters. The number of hydrogen-bond donors (Lipinski definition) is 1. The molecule has 1 aliphatic carbocycles. The average molecular weight is 254 g/mol. The largest absolute Gasteiger partial charge is 0.496 e. The molecule has 1 aromatic rings. The Kier molecular flexibility index (Phi) is 3.69. The molecule has 2 N–H and O–H groups in total. The fourth-order valence-electron chi connectivity index (χ4n) is 1.91. The van der Waals surface area contributed by atoms with E-state index in [9.17, 15) is 4.79 Å². The topological polar surface area (TPSA) is 52.3 Å². The van der Waals surface area contributed by atoms with E-state index in [2.05, 4.69) is 0 Å². The Hall–Kier alpha value is -1.06. The number of rotatable bonds is 5. The zero-order valence-electron chi connectivity index (χ0n) is 9.78. The van der Waals surface area contributed by atoms with Crippen LogP contribution < -0.4 is 10.5 Å². The Morgan fingerprint density at radius 3 is 2.88 bits per heavy atom. The maximum absolute atomic E-state index is 12.1. The normalized spacial score (nSPS) is 16.6. The lowest BCUT2D eigenvalue weighted by atomic mass is 10.0. The molecule has 1 aliphatic rings. The van der Waals surface area contributed by atoms with Crippen LogP contribution in [-0.2, 0) is 0 Å². The van der Waals surface area contributed by atoms with E-state index in [1.165, 1.54) is 0 Å². The molecule has 0 aliphatic heterocycles. The van der Waals surface area contributed by atoms with Crippen LogP contribution >= 0.6 is 11.6 Å². The fraction of sp³-hybridized carbons (Fsp3) is 0.462.